The third-order valence-electron chi connectivity index (χ3n) is 4.99. The molecule has 0 spiro atoms. The summed E-state index contributed by atoms with van der Waals surface area (Å²) in [6.45, 7) is 3.53. The number of amides is 1. The molecule has 6 heteroatoms. The van der Waals surface area contributed by atoms with Crippen LogP contribution in [0, 0.1) is 12.7 Å². The highest BCUT2D eigenvalue weighted by atomic mass is 32.2. The van der Waals surface area contributed by atoms with Gasteiger partial charge in [-0.05, 0) is 61.2 Å². The summed E-state index contributed by atoms with van der Waals surface area (Å²) >= 11 is 1.95. The second-order valence-electron chi connectivity index (χ2n) is 7.14. The van der Waals surface area contributed by atoms with Gasteiger partial charge in [0, 0.05) is 40.8 Å². The number of halogens is 1. The van der Waals surface area contributed by atoms with Gasteiger partial charge >= 0.3 is 0 Å². The van der Waals surface area contributed by atoms with Gasteiger partial charge in [-0.3, -0.25) is 4.79 Å². The number of rotatable bonds is 5. The molecular formula is C22H23FN2O2S. The van der Waals surface area contributed by atoms with Crippen molar-refractivity contribution in [3.05, 3.63) is 65.1 Å². The second kappa shape index (κ2) is 8.37. The van der Waals surface area contributed by atoms with E-state index in [4.69, 9.17) is 4.74 Å². The van der Waals surface area contributed by atoms with E-state index in [-0.39, 0.29) is 11.7 Å². The van der Waals surface area contributed by atoms with Crippen LogP contribution < -0.4 is 5.32 Å². The molecule has 0 radical (unpaired) electrons. The van der Waals surface area contributed by atoms with Crippen molar-refractivity contribution >= 4 is 34.3 Å². The van der Waals surface area contributed by atoms with Crippen LogP contribution in [0.5, 0.6) is 0 Å². The zero-order chi connectivity index (χ0) is 19.5. The maximum atomic E-state index is 13.6. The minimum absolute atomic E-state index is 0.231. The first-order chi connectivity index (χ1) is 13.6. The summed E-state index contributed by atoms with van der Waals surface area (Å²) in [6, 6.07) is 12.6. The Morgan fingerprint density at radius 3 is 2.89 bits per heavy atom. The lowest BCUT2D eigenvalue weighted by Gasteiger charge is -2.21. The highest BCUT2D eigenvalue weighted by molar-refractivity contribution is 7.99. The van der Waals surface area contributed by atoms with Crippen molar-refractivity contribution in [1.82, 2.24) is 4.98 Å². The largest absolute Gasteiger partial charge is 0.381 e. The molecule has 1 aromatic heterocycles. The molecule has 146 valence electrons. The van der Waals surface area contributed by atoms with Crippen molar-refractivity contribution in [2.24, 2.45) is 0 Å². The van der Waals surface area contributed by atoms with Crippen LogP contribution in [0.25, 0.3) is 10.9 Å². The van der Waals surface area contributed by atoms with Gasteiger partial charge in [-0.1, -0.05) is 12.1 Å². The molecule has 1 aliphatic heterocycles. The standard InChI is InChI=1S/C22H23FN2O2S/c1-14-9-16(23)11-20-19(14)12-21(25-20)22(26)24-17-4-2-3-15(10-17)13-28-18-5-7-27-8-6-18/h2-4,9-12,18,25H,5-8,13H2,1H3,(H,24,26). The summed E-state index contributed by atoms with van der Waals surface area (Å²) in [4.78, 5) is 15.7. The molecular weight excluding hydrogens is 375 g/mol. The Kier molecular flexibility index (Phi) is 5.69. The number of anilines is 1. The number of benzene rings is 2. The summed E-state index contributed by atoms with van der Waals surface area (Å²) < 4.78 is 19.0. The molecule has 2 aromatic carbocycles. The van der Waals surface area contributed by atoms with Crippen molar-refractivity contribution in [2.45, 2.75) is 30.8 Å². The van der Waals surface area contributed by atoms with Crippen LogP contribution in [0.2, 0.25) is 0 Å². The van der Waals surface area contributed by atoms with E-state index in [1.807, 2.05) is 36.9 Å². The summed E-state index contributed by atoms with van der Waals surface area (Å²) in [5.41, 5.74) is 3.80. The fraction of sp³-hybridized carbons (Fsp3) is 0.318. The van der Waals surface area contributed by atoms with E-state index in [9.17, 15) is 9.18 Å². The van der Waals surface area contributed by atoms with Gasteiger partial charge in [0.2, 0.25) is 0 Å². The highest BCUT2D eigenvalue weighted by Crippen LogP contribution is 2.27. The number of aromatic amines is 1. The second-order valence-corrected chi connectivity index (χ2v) is 8.43. The van der Waals surface area contributed by atoms with Crippen molar-refractivity contribution in [2.75, 3.05) is 18.5 Å². The highest BCUT2D eigenvalue weighted by Gasteiger charge is 2.15. The minimum Gasteiger partial charge on any atom is -0.381 e. The van der Waals surface area contributed by atoms with E-state index in [2.05, 4.69) is 16.4 Å². The number of nitrogens with one attached hydrogen (secondary N) is 2. The number of carbonyl (C=O) groups is 1. The molecule has 0 unspecified atom stereocenters. The first-order valence-corrected chi connectivity index (χ1v) is 10.5. The van der Waals surface area contributed by atoms with Crippen LogP contribution in [-0.2, 0) is 10.5 Å². The lowest BCUT2D eigenvalue weighted by molar-refractivity contribution is 0.0999. The topological polar surface area (TPSA) is 54.1 Å². The number of fused-ring (bicyclic) bond motifs is 1. The Morgan fingerprint density at radius 2 is 2.07 bits per heavy atom. The number of hydrogen-bond donors (Lipinski definition) is 2. The van der Waals surface area contributed by atoms with Crippen LogP contribution >= 0.6 is 11.8 Å². The number of aromatic nitrogens is 1. The predicted octanol–water partition coefficient (Wildman–Crippen LogP) is 5.28. The maximum Gasteiger partial charge on any atom is 0.272 e. The maximum absolute atomic E-state index is 13.6. The van der Waals surface area contributed by atoms with Crippen LogP contribution in [0.15, 0.2) is 42.5 Å². The average Bonchev–Trinajstić information content (AvgIpc) is 3.12. The van der Waals surface area contributed by atoms with Crippen LogP contribution in [0.1, 0.15) is 34.5 Å². The molecule has 2 heterocycles. The Bertz CT molecular complexity index is 995. The molecule has 0 saturated carbocycles. The van der Waals surface area contributed by atoms with E-state index in [1.54, 1.807) is 6.07 Å². The van der Waals surface area contributed by atoms with Crippen molar-refractivity contribution in [3.8, 4) is 0 Å². The van der Waals surface area contributed by atoms with E-state index < -0.39 is 0 Å². The number of hydrogen-bond acceptors (Lipinski definition) is 3. The predicted molar refractivity (Wildman–Crippen MR) is 113 cm³/mol. The third kappa shape index (κ3) is 4.39. The lowest BCUT2D eigenvalue weighted by Crippen LogP contribution is -2.17. The molecule has 1 aliphatic rings. The fourth-order valence-electron chi connectivity index (χ4n) is 3.49. The van der Waals surface area contributed by atoms with Gasteiger partial charge in [0.25, 0.3) is 5.91 Å². The Labute approximate surface area is 167 Å². The molecule has 0 atom stereocenters. The summed E-state index contributed by atoms with van der Waals surface area (Å²) in [5, 5.41) is 4.43. The fourth-order valence-corrected chi connectivity index (χ4v) is 4.62. The summed E-state index contributed by atoms with van der Waals surface area (Å²) in [6.07, 6.45) is 2.20. The monoisotopic (exact) mass is 398 g/mol. The number of carbonyl (C=O) groups excluding carboxylic acids is 1. The number of thioether (sulfide) groups is 1. The minimum atomic E-state index is -0.312. The van der Waals surface area contributed by atoms with E-state index in [0.717, 1.165) is 48.4 Å². The third-order valence-corrected chi connectivity index (χ3v) is 6.44. The molecule has 2 N–H and O–H groups in total. The van der Waals surface area contributed by atoms with E-state index >= 15 is 0 Å². The molecule has 4 nitrogen and oxygen atoms in total. The zero-order valence-corrected chi connectivity index (χ0v) is 16.6. The van der Waals surface area contributed by atoms with E-state index in [1.165, 1.54) is 17.7 Å². The molecule has 1 fully saturated rings. The quantitative estimate of drug-likeness (QED) is 0.615. The number of aryl methyl sites for hydroxylation is 1. The SMILES string of the molecule is Cc1cc(F)cc2[nH]c(C(=O)Nc3cccc(CSC4CCOCC4)c3)cc12. The Morgan fingerprint density at radius 1 is 1.25 bits per heavy atom. The first kappa shape index (κ1) is 19.0. The van der Waals surface area contributed by atoms with Gasteiger partial charge in [0.1, 0.15) is 11.5 Å². The van der Waals surface area contributed by atoms with Crippen molar-refractivity contribution in [3.63, 3.8) is 0 Å². The van der Waals surface area contributed by atoms with Crippen molar-refractivity contribution < 1.29 is 13.9 Å². The summed E-state index contributed by atoms with van der Waals surface area (Å²) in [5.74, 6) is 0.373. The van der Waals surface area contributed by atoms with Gasteiger partial charge in [-0.15, -0.1) is 0 Å². The van der Waals surface area contributed by atoms with Crippen LogP contribution in [-0.4, -0.2) is 29.4 Å². The normalized spacial score (nSPS) is 15.1. The van der Waals surface area contributed by atoms with Crippen LogP contribution in [0.4, 0.5) is 10.1 Å². The molecule has 4 rings (SSSR count). The van der Waals surface area contributed by atoms with Gasteiger partial charge in [0.05, 0.1) is 0 Å². The zero-order valence-electron chi connectivity index (χ0n) is 15.8. The summed E-state index contributed by atoms with van der Waals surface area (Å²) in [7, 11) is 0. The molecule has 0 aliphatic carbocycles. The van der Waals surface area contributed by atoms with E-state index in [0.29, 0.717) is 16.5 Å². The molecule has 28 heavy (non-hydrogen) atoms. The first-order valence-electron chi connectivity index (χ1n) is 9.47. The smallest absolute Gasteiger partial charge is 0.272 e. The molecule has 0 bridgehead atoms. The van der Waals surface area contributed by atoms with Gasteiger partial charge < -0.3 is 15.0 Å². The Hall–Kier alpha value is -2.31. The molecule has 3 aromatic rings. The van der Waals surface area contributed by atoms with Gasteiger partial charge in [-0.2, -0.15) is 11.8 Å². The van der Waals surface area contributed by atoms with Gasteiger partial charge in [-0.25, -0.2) is 4.39 Å². The van der Waals surface area contributed by atoms with Crippen LogP contribution in [0.3, 0.4) is 0 Å². The number of ether oxygens (including phenoxy) is 1. The number of H-pyrrole nitrogens is 1. The van der Waals surface area contributed by atoms with Gasteiger partial charge in [0.15, 0.2) is 0 Å². The lowest BCUT2D eigenvalue weighted by atomic mass is 10.1. The Balaban J connectivity index is 1.43. The molecule has 1 amide bonds. The average molecular weight is 399 g/mol. The molecule has 1 saturated heterocycles. The van der Waals surface area contributed by atoms with Crippen molar-refractivity contribution in [1.29, 1.82) is 0 Å².